The molecule has 0 aliphatic carbocycles. The molecule has 98 valence electrons. The monoisotopic (exact) mass is 260 g/mol. The Hall–Kier alpha value is -1.15. The Labute approximate surface area is 112 Å². The molecule has 0 fully saturated rings. The van der Waals surface area contributed by atoms with E-state index in [1.54, 1.807) is 0 Å². The molecule has 1 aromatic rings. The Kier molecular flexibility index (Phi) is 5.54. The van der Waals surface area contributed by atoms with Crippen LogP contribution in [0, 0.1) is 5.92 Å². The van der Waals surface area contributed by atoms with Gasteiger partial charge in [0.15, 0.2) is 0 Å². The quantitative estimate of drug-likeness (QED) is 0.432. The summed E-state index contributed by atoms with van der Waals surface area (Å²) in [5.74, 6) is 0.541. The van der Waals surface area contributed by atoms with E-state index in [1.807, 2.05) is 6.07 Å². The third-order valence-electron chi connectivity index (χ3n) is 3.52. The first-order valence-corrected chi connectivity index (χ1v) is 9.73. The fraction of sp³-hybridized carbons (Fsp3) is 0.438. The Morgan fingerprint density at radius 3 is 2.22 bits per heavy atom. The van der Waals surface area contributed by atoms with Gasteiger partial charge in [0.25, 0.3) is 0 Å². The van der Waals surface area contributed by atoms with Crippen LogP contribution in [0.4, 0.5) is 0 Å². The van der Waals surface area contributed by atoms with Crippen LogP contribution < -0.4 is 5.19 Å². The van der Waals surface area contributed by atoms with Crippen molar-refractivity contribution < 1.29 is 4.79 Å². The fourth-order valence-corrected chi connectivity index (χ4v) is 4.91. The lowest BCUT2D eigenvalue weighted by Gasteiger charge is -2.30. The molecule has 0 amide bonds. The van der Waals surface area contributed by atoms with Crippen LogP contribution in [0.1, 0.15) is 20.3 Å². The van der Waals surface area contributed by atoms with Crippen molar-refractivity contribution in [1.29, 1.82) is 0 Å². The van der Waals surface area contributed by atoms with Crippen LogP contribution in [-0.4, -0.2) is 14.4 Å². The molecule has 18 heavy (non-hydrogen) atoms. The highest BCUT2D eigenvalue weighted by atomic mass is 28.3. The molecule has 1 aromatic carbocycles. The normalized spacial score (nSPS) is 14.1. The van der Waals surface area contributed by atoms with Gasteiger partial charge in [0.05, 0.1) is 8.07 Å². The second-order valence-corrected chi connectivity index (χ2v) is 10.5. The minimum absolute atomic E-state index is 0.389. The van der Waals surface area contributed by atoms with E-state index in [9.17, 15) is 4.79 Å². The summed E-state index contributed by atoms with van der Waals surface area (Å²) >= 11 is 0. The Morgan fingerprint density at radius 2 is 1.72 bits per heavy atom. The molecule has 0 heterocycles. The molecule has 1 rings (SSSR count). The Morgan fingerprint density at radius 1 is 1.11 bits per heavy atom. The van der Waals surface area contributed by atoms with E-state index in [0.29, 0.717) is 17.9 Å². The Bertz CT molecular complexity index is 393. The van der Waals surface area contributed by atoms with Crippen molar-refractivity contribution in [3.8, 4) is 0 Å². The molecular formula is C16H24OSi. The number of benzene rings is 1. The molecule has 0 unspecified atom stereocenters. The molecule has 0 N–H and O–H groups in total. The first kappa shape index (κ1) is 14.9. The first-order valence-electron chi connectivity index (χ1n) is 6.66. The third-order valence-corrected chi connectivity index (χ3v) is 7.63. The summed E-state index contributed by atoms with van der Waals surface area (Å²) in [6, 6.07) is 10.6. The zero-order chi connectivity index (χ0) is 13.6. The standard InChI is InChI=1S/C16H24OSi/c1-14(2)10-11-16(12-13-17)18(3,4)15-8-6-5-7-9-15/h5-11,13-14,16H,12H2,1-4H3/b11-10+/t16-/m1/s1. The average molecular weight is 260 g/mol. The van der Waals surface area contributed by atoms with E-state index in [0.717, 1.165) is 6.29 Å². The van der Waals surface area contributed by atoms with Crippen molar-refractivity contribution in [2.45, 2.75) is 38.9 Å². The van der Waals surface area contributed by atoms with E-state index >= 15 is 0 Å². The van der Waals surface area contributed by atoms with Crippen LogP contribution in [0.15, 0.2) is 42.5 Å². The van der Waals surface area contributed by atoms with Gasteiger partial charge in [-0.3, -0.25) is 0 Å². The molecule has 2 heteroatoms. The van der Waals surface area contributed by atoms with E-state index < -0.39 is 8.07 Å². The SMILES string of the molecule is CC(C)/C=C/[C@H](CC=O)[Si](C)(C)c1ccccc1. The molecule has 1 nitrogen and oxygen atoms in total. The van der Waals surface area contributed by atoms with Gasteiger partial charge in [-0.1, -0.05) is 74.6 Å². The van der Waals surface area contributed by atoms with Gasteiger partial charge in [0.2, 0.25) is 0 Å². The summed E-state index contributed by atoms with van der Waals surface area (Å²) in [7, 11) is -1.61. The molecule has 0 bridgehead atoms. The van der Waals surface area contributed by atoms with Crippen molar-refractivity contribution in [2.24, 2.45) is 5.92 Å². The van der Waals surface area contributed by atoms with Crippen LogP contribution >= 0.6 is 0 Å². The predicted octanol–water partition coefficient (Wildman–Crippen LogP) is 3.77. The summed E-state index contributed by atoms with van der Waals surface area (Å²) in [4.78, 5) is 10.9. The van der Waals surface area contributed by atoms with Gasteiger partial charge < -0.3 is 4.79 Å². The smallest absolute Gasteiger partial charge is 0.120 e. The highest BCUT2D eigenvalue weighted by Gasteiger charge is 2.31. The summed E-state index contributed by atoms with van der Waals surface area (Å²) < 4.78 is 0. The van der Waals surface area contributed by atoms with Gasteiger partial charge in [-0.25, -0.2) is 0 Å². The molecule has 1 atom stereocenters. The molecular weight excluding hydrogens is 236 g/mol. The second-order valence-electron chi connectivity index (χ2n) is 5.73. The molecule has 0 aliphatic heterocycles. The van der Waals surface area contributed by atoms with Gasteiger partial charge in [-0.15, -0.1) is 0 Å². The van der Waals surface area contributed by atoms with Crippen LogP contribution in [-0.2, 0) is 4.79 Å². The molecule has 0 saturated heterocycles. The van der Waals surface area contributed by atoms with Crippen molar-refractivity contribution in [3.05, 3.63) is 42.5 Å². The molecule has 0 radical (unpaired) electrons. The minimum Gasteiger partial charge on any atom is -0.303 e. The van der Waals surface area contributed by atoms with Crippen LogP contribution in [0.2, 0.25) is 18.6 Å². The maximum Gasteiger partial charge on any atom is 0.120 e. The third kappa shape index (κ3) is 3.95. The largest absolute Gasteiger partial charge is 0.303 e. The zero-order valence-electron chi connectivity index (χ0n) is 11.9. The lowest BCUT2D eigenvalue weighted by molar-refractivity contribution is -0.107. The summed E-state index contributed by atoms with van der Waals surface area (Å²) in [6.45, 7) is 9.04. The molecule has 0 spiro atoms. The second kappa shape index (κ2) is 6.69. The van der Waals surface area contributed by atoms with Gasteiger partial charge >= 0.3 is 0 Å². The van der Waals surface area contributed by atoms with Crippen LogP contribution in [0.3, 0.4) is 0 Å². The number of hydrogen-bond acceptors (Lipinski definition) is 1. The Balaban J connectivity index is 3.00. The van der Waals surface area contributed by atoms with E-state index in [-0.39, 0.29) is 0 Å². The average Bonchev–Trinajstić information content (AvgIpc) is 2.35. The maximum absolute atomic E-state index is 10.9. The summed E-state index contributed by atoms with van der Waals surface area (Å²) in [6.07, 6.45) is 6.19. The van der Waals surface area contributed by atoms with Gasteiger partial charge in [-0.05, 0) is 11.5 Å². The van der Waals surface area contributed by atoms with Crippen molar-refractivity contribution >= 4 is 19.5 Å². The van der Waals surface area contributed by atoms with Gasteiger partial charge in [-0.2, -0.15) is 0 Å². The fourth-order valence-electron chi connectivity index (χ4n) is 2.16. The number of carbonyl (C=O) groups excluding carboxylic acids is 1. The van der Waals surface area contributed by atoms with E-state index in [1.165, 1.54) is 5.19 Å². The van der Waals surface area contributed by atoms with E-state index in [4.69, 9.17) is 0 Å². The molecule has 0 aromatic heterocycles. The lowest BCUT2D eigenvalue weighted by Crippen LogP contribution is -2.45. The maximum atomic E-state index is 10.9. The summed E-state index contributed by atoms with van der Waals surface area (Å²) in [5.41, 5.74) is 0.389. The number of aldehydes is 1. The van der Waals surface area contributed by atoms with E-state index in [2.05, 4.69) is 63.4 Å². The predicted molar refractivity (Wildman–Crippen MR) is 82.0 cm³/mol. The minimum atomic E-state index is -1.61. The summed E-state index contributed by atoms with van der Waals surface area (Å²) in [5, 5.41) is 1.42. The van der Waals surface area contributed by atoms with Crippen molar-refractivity contribution in [2.75, 3.05) is 0 Å². The zero-order valence-corrected chi connectivity index (χ0v) is 12.9. The van der Waals surface area contributed by atoms with Gasteiger partial charge in [0.1, 0.15) is 6.29 Å². The van der Waals surface area contributed by atoms with Crippen LogP contribution in [0.5, 0.6) is 0 Å². The van der Waals surface area contributed by atoms with Crippen molar-refractivity contribution in [1.82, 2.24) is 0 Å². The molecule has 0 saturated carbocycles. The highest BCUT2D eigenvalue weighted by molar-refractivity contribution is 6.91. The van der Waals surface area contributed by atoms with Gasteiger partial charge in [0, 0.05) is 6.42 Å². The number of carbonyl (C=O) groups is 1. The lowest BCUT2D eigenvalue weighted by atomic mass is 10.2. The molecule has 0 aliphatic rings. The van der Waals surface area contributed by atoms with Crippen molar-refractivity contribution in [3.63, 3.8) is 0 Å². The number of rotatable bonds is 6. The highest BCUT2D eigenvalue weighted by Crippen LogP contribution is 2.26. The number of allylic oxidation sites excluding steroid dienone is 2. The van der Waals surface area contributed by atoms with Crippen LogP contribution in [0.25, 0.3) is 0 Å². The topological polar surface area (TPSA) is 17.1 Å². The first-order chi connectivity index (χ1) is 8.48. The number of hydrogen-bond donors (Lipinski definition) is 0.